The number of carbonyl (C=O) groups is 1. The molecule has 0 saturated carbocycles. The lowest BCUT2D eigenvalue weighted by Gasteiger charge is -2.20. The van der Waals surface area contributed by atoms with Crippen molar-refractivity contribution in [1.29, 1.82) is 0 Å². The summed E-state index contributed by atoms with van der Waals surface area (Å²) in [5.74, 6) is -0.942. The second kappa shape index (κ2) is 4.98. The third-order valence-electron chi connectivity index (χ3n) is 4.06. The first-order valence-electron chi connectivity index (χ1n) is 6.77. The van der Waals surface area contributed by atoms with Gasteiger partial charge in [-0.2, -0.15) is 0 Å². The van der Waals surface area contributed by atoms with E-state index in [1.54, 1.807) is 6.07 Å². The highest BCUT2D eigenvalue weighted by atomic mass is 35.5. The van der Waals surface area contributed by atoms with Crippen LogP contribution >= 0.6 is 11.6 Å². The minimum atomic E-state index is -1.15. The van der Waals surface area contributed by atoms with Crippen LogP contribution in [0.15, 0.2) is 18.3 Å². The maximum atomic E-state index is 11.2. The molecule has 1 aliphatic heterocycles. The van der Waals surface area contributed by atoms with Crippen LogP contribution in [-0.2, 0) is 11.3 Å². The Labute approximate surface area is 127 Å². The van der Waals surface area contributed by atoms with Crippen molar-refractivity contribution in [3.63, 3.8) is 0 Å². The van der Waals surface area contributed by atoms with Crippen LogP contribution in [0.25, 0.3) is 5.65 Å². The van der Waals surface area contributed by atoms with Crippen molar-refractivity contribution < 1.29 is 9.90 Å². The highest BCUT2D eigenvalue weighted by molar-refractivity contribution is 6.30. The van der Waals surface area contributed by atoms with E-state index in [9.17, 15) is 9.90 Å². The van der Waals surface area contributed by atoms with E-state index in [1.807, 2.05) is 28.5 Å². The molecular weight excluding hydrogens is 292 g/mol. The van der Waals surface area contributed by atoms with E-state index in [0.29, 0.717) is 31.1 Å². The fourth-order valence-corrected chi connectivity index (χ4v) is 2.97. The van der Waals surface area contributed by atoms with Crippen molar-refractivity contribution >= 4 is 23.2 Å². The molecule has 112 valence electrons. The molecule has 1 aliphatic rings. The number of imidazole rings is 1. The van der Waals surface area contributed by atoms with E-state index >= 15 is 0 Å². The quantitative estimate of drug-likeness (QED) is 0.892. The molecule has 3 rings (SSSR count). The zero-order valence-electron chi connectivity index (χ0n) is 11.7. The molecule has 21 heavy (non-hydrogen) atoms. The molecule has 0 unspecified atom stereocenters. The summed E-state index contributed by atoms with van der Waals surface area (Å²) in [6.45, 7) is 3.56. The lowest BCUT2D eigenvalue weighted by atomic mass is 10.0. The molecule has 0 radical (unpaired) electrons. The summed E-state index contributed by atoms with van der Waals surface area (Å²) < 4.78 is 1.95. The highest BCUT2D eigenvalue weighted by Gasteiger charge is 2.41. The Morgan fingerprint density at radius 2 is 2.33 bits per heavy atom. The van der Waals surface area contributed by atoms with Gasteiger partial charge in [0.15, 0.2) is 0 Å². The summed E-state index contributed by atoms with van der Waals surface area (Å²) in [5.41, 5.74) is 7.54. The molecule has 1 atom stereocenters. The fourth-order valence-electron chi connectivity index (χ4n) is 2.81. The zero-order valence-corrected chi connectivity index (χ0v) is 12.5. The molecule has 2 aromatic heterocycles. The Kier molecular flexibility index (Phi) is 3.39. The van der Waals surface area contributed by atoms with Crippen molar-refractivity contribution in [2.24, 2.45) is 5.73 Å². The number of fused-ring (bicyclic) bond motifs is 1. The number of hydrogen-bond donors (Lipinski definition) is 2. The molecule has 0 amide bonds. The van der Waals surface area contributed by atoms with Crippen LogP contribution in [0.5, 0.6) is 0 Å². The minimum absolute atomic E-state index is 0.343. The monoisotopic (exact) mass is 308 g/mol. The Balaban J connectivity index is 1.88. The number of aromatic nitrogens is 2. The molecule has 1 fully saturated rings. The normalized spacial score (nSPS) is 23.0. The van der Waals surface area contributed by atoms with Crippen LogP contribution in [0.2, 0.25) is 5.02 Å². The van der Waals surface area contributed by atoms with Crippen molar-refractivity contribution in [3.8, 4) is 0 Å². The topological polar surface area (TPSA) is 83.9 Å². The fraction of sp³-hybridized carbons (Fsp3) is 0.429. The Morgan fingerprint density at radius 3 is 3.00 bits per heavy atom. The number of likely N-dealkylation sites (tertiary alicyclic amines) is 1. The third kappa shape index (κ3) is 2.50. The number of halogens is 1. The summed E-state index contributed by atoms with van der Waals surface area (Å²) in [5, 5.41) is 9.83. The summed E-state index contributed by atoms with van der Waals surface area (Å²) in [7, 11) is 0. The molecule has 2 aromatic rings. The smallest absolute Gasteiger partial charge is 0.325 e. The molecule has 3 heterocycles. The molecule has 0 spiro atoms. The number of rotatable bonds is 3. The molecule has 7 heteroatoms. The standard InChI is InChI=1S/C14H17ClN4O2/c1-9-11(19-6-10(15)2-3-12(19)17-9)7-18-5-4-14(16,8-18)13(20)21/h2-3,6H,4-5,7-8,16H2,1H3,(H,20,21)/t14-/m1/s1. The van der Waals surface area contributed by atoms with Crippen LogP contribution in [0.4, 0.5) is 0 Å². The summed E-state index contributed by atoms with van der Waals surface area (Å²) in [6, 6.07) is 3.67. The van der Waals surface area contributed by atoms with E-state index in [0.717, 1.165) is 17.0 Å². The van der Waals surface area contributed by atoms with Gasteiger partial charge in [-0.05, 0) is 25.5 Å². The lowest BCUT2D eigenvalue weighted by molar-refractivity contribution is -0.142. The summed E-state index contributed by atoms with van der Waals surface area (Å²) >= 11 is 6.04. The maximum Gasteiger partial charge on any atom is 0.325 e. The second-order valence-corrected chi connectivity index (χ2v) is 6.08. The van der Waals surface area contributed by atoms with Crippen LogP contribution in [-0.4, -0.2) is 44.0 Å². The van der Waals surface area contributed by atoms with Crippen molar-refractivity contribution in [2.75, 3.05) is 13.1 Å². The van der Waals surface area contributed by atoms with Crippen LogP contribution in [0.3, 0.4) is 0 Å². The summed E-state index contributed by atoms with van der Waals surface area (Å²) in [6.07, 6.45) is 2.29. The Bertz CT molecular complexity index is 714. The van der Waals surface area contributed by atoms with E-state index < -0.39 is 11.5 Å². The van der Waals surface area contributed by atoms with E-state index in [2.05, 4.69) is 4.98 Å². The van der Waals surface area contributed by atoms with E-state index in [-0.39, 0.29) is 0 Å². The number of nitrogens with zero attached hydrogens (tertiary/aromatic N) is 3. The number of hydrogen-bond acceptors (Lipinski definition) is 4. The molecule has 0 aromatic carbocycles. The van der Waals surface area contributed by atoms with Gasteiger partial charge in [-0.25, -0.2) is 4.98 Å². The average Bonchev–Trinajstić information content (AvgIpc) is 2.94. The van der Waals surface area contributed by atoms with Crippen molar-refractivity contribution in [2.45, 2.75) is 25.4 Å². The van der Waals surface area contributed by atoms with Crippen molar-refractivity contribution in [3.05, 3.63) is 34.7 Å². The van der Waals surface area contributed by atoms with Gasteiger partial charge in [0.1, 0.15) is 11.2 Å². The van der Waals surface area contributed by atoms with Crippen molar-refractivity contribution in [1.82, 2.24) is 14.3 Å². The average molecular weight is 309 g/mol. The van der Waals surface area contributed by atoms with Gasteiger partial charge in [0.2, 0.25) is 0 Å². The van der Waals surface area contributed by atoms with Gasteiger partial charge in [0.05, 0.1) is 16.4 Å². The lowest BCUT2D eigenvalue weighted by Crippen LogP contribution is -2.50. The third-order valence-corrected chi connectivity index (χ3v) is 4.28. The van der Waals surface area contributed by atoms with E-state index in [1.165, 1.54) is 0 Å². The van der Waals surface area contributed by atoms with Gasteiger partial charge >= 0.3 is 5.97 Å². The molecule has 0 aliphatic carbocycles. The van der Waals surface area contributed by atoms with Gasteiger partial charge in [-0.15, -0.1) is 0 Å². The van der Waals surface area contributed by atoms with E-state index in [4.69, 9.17) is 17.3 Å². The predicted molar refractivity (Wildman–Crippen MR) is 79.4 cm³/mol. The SMILES string of the molecule is Cc1nc2ccc(Cl)cn2c1CN1CC[C@](N)(C(=O)O)C1. The summed E-state index contributed by atoms with van der Waals surface area (Å²) in [4.78, 5) is 17.8. The van der Waals surface area contributed by atoms with Crippen LogP contribution in [0, 0.1) is 6.92 Å². The first kappa shape index (κ1) is 14.3. The number of carboxylic acids is 1. The maximum absolute atomic E-state index is 11.2. The first-order valence-corrected chi connectivity index (χ1v) is 7.14. The Morgan fingerprint density at radius 1 is 1.57 bits per heavy atom. The van der Waals surface area contributed by atoms with Gasteiger partial charge in [0, 0.05) is 25.8 Å². The Hall–Kier alpha value is -1.63. The molecule has 1 saturated heterocycles. The van der Waals surface area contributed by atoms with Gasteiger partial charge < -0.3 is 15.2 Å². The molecule has 6 nitrogen and oxygen atoms in total. The first-order chi connectivity index (χ1) is 9.89. The number of aryl methyl sites for hydroxylation is 1. The van der Waals surface area contributed by atoms with Gasteiger partial charge in [0.25, 0.3) is 0 Å². The van der Waals surface area contributed by atoms with Gasteiger partial charge in [-0.3, -0.25) is 9.69 Å². The molecule has 3 N–H and O–H groups in total. The predicted octanol–water partition coefficient (Wildman–Crippen LogP) is 1.28. The number of carboxylic acid groups (broad SMARTS) is 1. The minimum Gasteiger partial charge on any atom is -0.480 e. The zero-order chi connectivity index (χ0) is 15.2. The number of aliphatic carboxylic acids is 1. The number of pyridine rings is 1. The van der Waals surface area contributed by atoms with Gasteiger partial charge in [-0.1, -0.05) is 11.6 Å². The highest BCUT2D eigenvalue weighted by Crippen LogP contribution is 2.23. The van der Waals surface area contributed by atoms with Crippen LogP contribution in [0.1, 0.15) is 17.8 Å². The van der Waals surface area contributed by atoms with Crippen LogP contribution < -0.4 is 5.73 Å². The molecular formula is C14H17ClN4O2. The largest absolute Gasteiger partial charge is 0.480 e. The number of nitrogens with two attached hydrogens (primary N) is 1. The second-order valence-electron chi connectivity index (χ2n) is 5.64. The molecule has 0 bridgehead atoms.